The number of aliphatic hydroxyl groups excluding tert-OH is 1. The van der Waals surface area contributed by atoms with Crippen molar-refractivity contribution in [3.8, 4) is 0 Å². The number of carbonyl (C=O) groups is 2. The van der Waals surface area contributed by atoms with Crippen LogP contribution < -0.4 is 10.0 Å². The first kappa shape index (κ1) is 24.9. The fourth-order valence-corrected chi connectivity index (χ4v) is 6.72. The van der Waals surface area contributed by atoms with Gasteiger partial charge in [0.2, 0.25) is 15.9 Å². The first-order chi connectivity index (χ1) is 15.6. The van der Waals surface area contributed by atoms with Gasteiger partial charge in [-0.2, -0.15) is 0 Å². The molecule has 3 aliphatic carbocycles. The average molecular weight is 486 g/mol. The Morgan fingerprint density at radius 3 is 2.67 bits per heavy atom. The molecule has 5 atom stereocenters. The highest BCUT2D eigenvalue weighted by molar-refractivity contribution is 7.91. The van der Waals surface area contributed by atoms with Crippen LogP contribution in [0.25, 0.3) is 0 Å². The molecule has 1 aliphatic heterocycles. The predicted octanol–water partition coefficient (Wildman–Crippen LogP) is 1.12. The molecule has 0 spiro atoms. The fourth-order valence-electron chi connectivity index (χ4n) is 5.41. The molecule has 188 valence electrons. The second kappa shape index (κ2) is 9.43. The van der Waals surface area contributed by atoms with Crippen molar-refractivity contribution in [1.29, 1.82) is 0 Å². The first-order valence-electron chi connectivity index (χ1n) is 12.4. The second-order valence-electron chi connectivity index (χ2n) is 11.0. The molecule has 0 aromatic heterocycles. The molecule has 0 aromatic carbocycles. The van der Waals surface area contributed by atoms with Crippen molar-refractivity contribution in [3.05, 3.63) is 0 Å². The van der Waals surface area contributed by atoms with Crippen LogP contribution in [0.15, 0.2) is 0 Å². The largest absolute Gasteiger partial charge is 0.393 e. The van der Waals surface area contributed by atoms with Crippen LogP contribution in [-0.2, 0) is 24.3 Å². The van der Waals surface area contributed by atoms with E-state index in [0.29, 0.717) is 45.4 Å². The Balaban J connectivity index is 1.50. The van der Waals surface area contributed by atoms with Crippen molar-refractivity contribution in [1.82, 2.24) is 14.9 Å². The van der Waals surface area contributed by atoms with Gasteiger partial charge in [-0.15, -0.1) is 0 Å². The van der Waals surface area contributed by atoms with E-state index < -0.39 is 38.2 Å². The highest BCUT2D eigenvalue weighted by atomic mass is 32.2. The first-order valence-corrected chi connectivity index (χ1v) is 13.9. The number of hydrogen-bond acceptors (Lipinski definition) is 7. The summed E-state index contributed by atoms with van der Waals surface area (Å²) in [6.07, 6.45) is 6.65. The van der Waals surface area contributed by atoms with Gasteiger partial charge in [0.1, 0.15) is 5.54 Å². The van der Waals surface area contributed by atoms with Gasteiger partial charge in [0.15, 0.2) is 0 Å². The maximum absolute atomic E-state index is 13.3. The Bertz CT molecular complexity index is 860. The van der Waals surface area contributed by atoms with E-state index in [1.54, 1.807) is 6.92 Å². The Morgan fingerprint density at radius 2 is 1.94 bits per heavy atom. The van der Waals surface area contributed by atoms with Crippen LogP contribution in [0.4, 0.5) is 0 Å². The number of aliphatic hydroxyl groups is 1. The van der Waals surface area contributed by atoms with Crippen LogP contribution in [0.5, 0.6) is 0 Å². The smallest absolute Gasteiger partial charge is 0.259 e. The molecule has 2 amide bonds. The summed E-state index contributed by atoms with van der Waals surface area (Å²) in [5.74, 6) is -1.55. The van der Waals surface area contributed by atoms with E-state index >= 15 is 0 Å². The molecule has 10 heteroatoms. The molecule has 4 fully saturated rings. The quantitative estimate of drug-likeness (QED) is 0.547. The molecule has 0 aromatic rings. The maximum Gasteiger partial charge on any atom is 0.259 e. The van der Waals surface area contributed by atoms with Crippen molar-refractivity contribution < 1.29 is 27.9 Å². The predicted molar refractivity (Wildman–Crippen MR) is 122 cm³/mol. The number of carbonyl (C=O) groups excluding carboxylic acids is 2. The average Bonchev–Trinajstić information content (AvgIpc) is 3.62. The third-order valence-electron chi connectivity index (χ3n) is 8.18. The summed E-state index contributed by atoms with van der Waals surface area (Å²) in [5, 5.41) is 13.2. The van der Waals surface area contributed by atoms with Gasteiger partial charge in [-0.1, -0.05) is 19.3 Å². The molecule has 0 radical (unpaired) electrons. The number of rotatable bonds is 3. The third kappa shape index (κ3) is 5.39. The van der Waals surface area contributed by atoms with Gasteiger partial charge in [-0.3, -0.25) is 19.2 Å². The lowest BCUT2D eigenvalue weighted by Gasteiger charge is -2.26. The Labute approximate surface area is 197 Å². The lowest BCUT2D eigenvalue weighted by atomic mass is 9.95. The highest BCUT2D eigenvalue weighted by Crippen LogP contribution is 2.49. The minimum atomic E-state index is -3.78. The summed E-state index contributed by atoms with van der Waals surface area (Å²) in [7, 11) is -1.76. The SMILES string of the molecule is CN1CCCCCC[C@@H]2C[C@@]2(C(=O)NS(=O)(=O)C2(C)CC2)NC(=O)[C@@H]2C[C@@H](O)C[C@H]2COC1. The molecule has 0 unspecified atom stereocenters. The molecule has 4 aliphatic rings. The molecule has 9 nitrogen and oxygen atoms in total. The fraction of sp³-hybridized carbons (Fsp3) is 0.913. The molecule has 1 heterocycles. The number of nitrogens with zero attached hydrogens (tertiary/aromatic N) is 1. The topological polar surface area (TPSA) is 125 Å². The molecule has 4 rings (SSSR count). The number of hydrogen-bond donors (Lipinski definition) is 3. The number of ether oxygens (including phenoxy) is 1. The highest BCUT2D eigenvalue weighted by Gasteiger charge is 2.63. The van der Waals surface area contributed by atoms with Gasteiger partial charge in [-0.05, 0) is 77.3 Å². The number of nitrogens with one attached hydrogen (secondary N) is 2. The van der Waals surface area contributed by atoms with Gasteiger partial charge in [0.25, 0.3) is 5.91 Å². The van der Waals surface area contributed by atoms with Crippen LogP contribution in [0, 0.1) is 17.8 Å². The van der Waals surface area contributed by atoms with Crippen molar-refractivity contribution in [2.75, 3.05) is 26.9 Å². The maximum atomic E-state index is 13.3. The van der Waals surface area contributed by atoms with E-state index in [1.807, 2.05) is 7.05 Å². The zero-order chi connectivity index (χ0) is 23.9. The Kier molecular flexibility index (Phi) is 7.11. The standard InChI is InChI=1S/C23H39N3O6S/c1-22(8-9-22)33(30,31)25-21(29)23-13-17(23)7-5-3-4-6-10-26(2)15-32-14-16-11-18(27)12-19(16)20(28)24-23/h16-19,27H,3-15H2,1-2H3,(H,24,28)(H,25,29)/t16-,17+,18-,19+,23+/m0/s1. The van der Waals surface area contributed by atoms with Crippen molar-refractivity contribution in [2.24, 2.45) is 17.8 Å². The van der Waals surface area contributed by atoms with Gasteiger partial charge < -0.3 is 15.2 Å². The lowest BCUT2D eigenvalue weighted by Crippen LogP contribution is -2.55. The molecule has 33 heavy (non-hydrogen) atoms. The van der Waals surface area contributed by atoms with Crippen LogP contribution in [-0.4, -0.2) is 73.6 Å². The molecular formula is C23H39N3O6S. The number of amides is 2. The van der Waals surface area contributed by atoms with Crippen LogP contribution >= 0.6 is 0 Å². The van der Waals surface area contributed by atoms with Gasteiger partial charge in [0.05, 0.1) is 24.2 Å². The van der Waals surface area contributed by atoms with E-state index in [4.69, 9.17) is 4.74 Å². The summed E-state index contributed by atoms with van der Waals surface area (Å²) in [5.41, 5.74) is -1.17. The minimum Gasteiger partial charge on any atom is -0.393 e. The minimum absolute atomic E-state index is 0.0692. The van der Waals surface area contributed by atoms with E-state index in [9.17, 15) is 23.1 Å². The van der Waals surface area contributed by atoms with Crippen molar-refractivity contribution in [3.63, 3.8) is 0 Å². The zero-order valence-corrected chi connectivity index (χ0v) is 20.7. The summed E-state index contributed by atoms with van der Waals surface area (Å²) < 4.78 is 32.6. The van der Waals surface area contributed by atoms with E-state index in [2.05, 4.69) is 14.9 Å². The summed E-state index contributed by atoms with van der Waals surface area (Å²) in [6.45, 7) is 3.43. The molecule has 3 saturated carbocycles. The Hall–Kier alpha value is -1.23. The summed E-state index contributed by atoms with van der Waals surface area (Å²) >= 11 is 0. The van der Waals surface area contributed by atoms with Crippen LogP contribution in [0.3, 0.4) is 0 Å². The van der Waals surface area contributed by atoms with Gasteiger partial charge in [-0.25, -0.2) is 8.42 Å². The Morgan fingerprint density at radius 1 is 1.21 bits per heavy atom. The van der Waals surface area contributed by atoms with E-state index in [0.717, 1.165) is 38.6 Å². The van der Waals surface area contributed by atoms with Gasteiger partial charge in [0, 0.05) is 5.92 Å². The van der Waals surface area contributed by atoms with Crippen molar-refractivity contribution in [2.45, 2.75) is 87.5 Å². The zero-order valence-electron chi connectivity index (χ0n) is 19.8. The van der Waals surface area contributed by atoms with E-state index in [1.165, 1.54) is 0 Å². The van der Waals surface area contributed by atoms with Crippen molar-refractivity contribution >= 4 is 21.8 Å². The lowest BCUT2D eigenvalue weighted by molar-refractivity contribution is -0.133. The van der Waals surface area contributed by atoms with Crippen LogP contribution in [0.1, 0.15) is 71.1 Å². The van der Waals surface area contributed by atoms with E-state index in [-0.39, 0.29) is 17.7 Å². The van der Waals surface area contributed by atoms with Crippen LogP contribution in [0.2, 0.25) is 0 Å². The number of fused-ring (bicyclic) bond motifs is 2. The number of sulfonamides is 1. The summed E-state index contributed by atoms with van der Waals surface area (Å²) in [6, 6.07) is 0. The molecule has 3 N–H and O–H groups in total. The molecule has 1 saturated heterocycles. The molecule has 0 bridgehead atoms. The third-order valence-corrected chi connectivity index (χ3v) is 10.3. The summed E-state index contributed by atoms with van der Waals surface area (Å²) in [4.78, 5) is 28.7. The molecular weight excluding hydrogens is 446 g/mol. The van der Waals surface area contributed by atoms with Gasteiger partial charge >= 0.3 is 0 Å². The second-order valence-corrected chi connectivity index (χ2v) is 13.2. The monoisotopic (exact) mass is 485 g/mol. The normalized spacial score (nSPS) is 38.0.